The molecule has 0 atom stereocenters. The van der Waals surface area contributed by atoms with Gasteiger partial charge in [-0.2, -0.15) is 4.98 Å². The van der Waals surface area contributed by atoms with Crippen LogP contribution >= 0.6 is 0 Å². The number of amides is 2. The van der Waals surface area contributed by atoms with Gasteiger partial charge in [-0.25, -0.2) is 9.78 Å². The van der Waals surface area contributed by atoms with E-state index < -0.39 is 6.03 Å². The highest BCUT2D eigenvalue weighted by Crippen LogP contribution is 2.34. The van der Waals surface area contributed by atoms with Gasteiger partial charge in [0.2, 0.25) is 11.8 Å². The van der Waals surface area contributed by atoms with Crippen LogP contribution in [0.1, 0.15) is 5.56 Å². The number of hydrogen-bond donors (Lipinski definition) is 3. The Morgan fingerprint density at radius 1 is 0.966 bits per heavy atom. The lowest BCUT2D eigenvalue weighted by Gasteiger charge is -2.12. The smallest absolute Gasteiger partial charge is 0.316 e. The highest BCUT2D eigenvalue weighted by molar-refractivity contribution is 6.03. The number of carbonyl (C=O) groups excluding carboxylic acids is 1. The molecule has 0 spiro atoms. The average molecular weight is 385 g/mol. The summed E-state index contributed by atoms with van der Waals surface area (Å²) in [4.78, 5) is 19.9. The number of fused-ring (bicyclic) bond motifs is 1. The van der Waals surface area contributed by atoms with E-state index in [9.17, 15) is 4.79 Å². The lowest BCUT2D eigenvalue weighted by atomic mass is 10.1. The number of aryl methyl sites for hydroxylation is 1. The highest BCUT2D eigenvalue weighted by atomic mass is 16.5. The molecule has 144 valence electrons. The van der Waals surface area contributed by atoms with E-state index in [-0.39, 0.29) is 0 Å². The molecule has 1 heterocycles. The molecular formula is C22H19N5O2. The molecule has 7 heteroatoms. The van der Waals surface area contributed by atoms with Crippen LogP contribution in [0.3, 0.4) is 0 Å². The molecular weight excluding hydrogens is 366 g/mol. The summed E-state index contributed by atoms with van der Waals surface area (Å²) >= 11 is 0. The third-order valence-corrected chi connectivity index (χ3v) is 4.29. The first-order valence-electron chi connectivity index (χ1n) is 9.01. The van der Waals surface area contributed by atoms with E-state index in [0.717, 1.165) is 16.5 Å². The van der Waals surface area contributed by atoms with Crippen molar-refractivity contribution in [2.75, 3.05) is 10.6 Å². The summed E-state index contributed by atoms with van der Waals surface area (Å²) in [5, 5.41) is 7.43. The zero-order valence-electron chi connectivity index (χ0n) is 15.7. The number of nitrogens with zero attached hydrogens (tertiary/aromatic N) is 2. The molecule has 0 aliphatic carbocycles. The number of primary amides is 1. The zero-order chi connectivity index (χ0) is 20.2. The third-order valence-electron chi connectivity index (χ3n) is 4.29. The molecule has 0 saturated heterocycles. The molecule has 0 aliphatic heterocycles. The molecule has 4 rings (SSSR count). The van der Waals surface area contributed by atoms with Gasteiger partial charge in [0.1, 0.15) is 5.75 Å². The molecule has 4 aromatic rings. The molecule has 0 bridgehead atoms. The van der Waals surface area contributed by atoms with Crippen LogP contribution in [-0.4, -0.2) is 16.0 Å². The Kier molecular flexibility index (Phi) is 4.94. The minimum Gasteiger partial charge on any atom is -0.438 e. The Bertz CT molecular complexity index is 1180. The van der Waals surface area contributed by atoms with Crippen LogP contribution in [0.25, 0.3) is 10.8 Å². The van der Waals surface area contributed by atoms with Gasteiger partial charge in [-0.15, -0.1) is 0 Å². The molecule has 3 aromatic carbocycles. The molecule has 0 radical (unpaired) electrons. The van der Waals surface area contributed by atoms with E-state index in [0.29, 0.717) is 23.3 Å². The fraction of sp³-hybridized carbons (Fsp3) is 0.0455. The number of benzene rings is 3. The first-order chi connectivity index (χ1) is 14.1. The van der Waals surface area contributed by atoms with Crippen molar-refractivity contribution in [3.63, 3.8) is 0 Å². The van der Waals surface area contributed by atoms with E-state index in [1.165, 1.54) is 5.56 Å². The van der Waals surface area contributed by atoms with Gasteiger partial charge < -0.3 is 21.1 Å². The Balaban J connectivity index is 1.62. The maximum atomic E-state index is 11.3. The Morgan fingerprint density at radius 3 is 2.48 bits per heavy atom. The largest absolute Gasteiger partial charge is 0.438 e. The zero-order valence-corrected chi connectivity index (χ0v) is 15.7. The summed E-state index contributed by atoms with van der Waals surface area (Å²) in [5.74, 6) is 1.44. The first kappa shape index (κ1) is 18.2. The van der Waals surface area contributed by atoms with Crippen molar-refractivity contribution in [1.82, 2.24) is 9.97 Å². The predicted molar refractivity (Wildman–Crippen MR) is 114 cm³/mol. The van der Waals surface area contributed by atoms with E-state index in [1.54, 1.807) is 24.4 Å². The van der Waals surface area contributed by atoms with Gasteiger partial charge in [0.15, 0.2) is 0 Å². The van der Waals surface area contributed by atoms with Gasteiger partial charge in [0, 0.05) is 28.7 Å². The summed E-state index contributed by atoms with van der Waals surface area (Å²) in [5.41, 5.74) is 7.94. The van der Waals surface area contributed by atoms with Crippen LogP contribution in [0.15, 0.2) is 72.9 Å². The summed E-state index contributed by atoms with van der Waals surface area (Å²) in [7, 11) is 0. The lowest BCUT2D eigenvalue weighted by molar-refractivity contribution is 0.259. The second-order valence-corrected chi connectivity index (χ2v) is 6.46. The van der Waals surface area contributed by atoms with Crippen molar-refractivity contribution in [3.8, 4) is 11.6 Å². The monoisotopic (exact) mass is 385 g/mol. The van der Waals surface area contributed by atoms with Crippen LogP contribution < -0.4 is 21.1 Å². The van der Waals surface area contributed by atoms with Crippen molar-refractivity contribution in [2.24, 2.45) is 5.73 Å². The quantitative estimate of drug-likeness (QED) is 0.450. The van der Waals surface area contributed by atoms with Gasteiger partial charge in [-0.1, -0.05) is 42.0 Å². The molecule has 0 fully saturated rings. The number of hydrogen-bond acceptors (Lipinski definition) is 5. The van der Waals surface area contributed by atoms with Gasteiger partial charge in [0.05, 0.1) is 5.69 Å². The number of carbonyl (C=O) groups is 1. The molecule has 0 saturated carbocycles. The number of urea groups is 1. The summed E-state index contributed by atoms with van der Waals surface area (Å²) in [6.07, 6.45) is 1.63. The van der Waals surface area contributed by atoms with Gasteiger partial charge in [0.25, 0.3) is 0 Å². The minimum atomic E-state index is -0.619. The molecule has 0 aliphatic rings. The number of aromatic nitrogens is 2. The van der Waals surface area contributed by atoms with E-state index in [2.05, 4.69) is 20.6 Å². The fourth-order valence-corrected chi connectivity index (χ4v) is 2.94. The van der Waals surface area contributed by atoms with E-state index in [4.69, 9.17) is 10.5 Å². The topological polar surface area (TPSA) is 102 Å². The minimum absolute atomic E-state index is 0.398. The van der Waals surface area contributed by atoms with Crippen LogP contribution in [-0.2, 0) is 0 Å². The number of ether oxygens (including phenoxy) is 1. The number of nitrogens with one attached hydrogen (secondary N) is 2. The molecule has 7 nitrogen and oxygen atoms in total. The molecule has 4 N–H and O–H groups in total. The van der Waals surface area contributed by atoms with Crippen LogP contribution in [0.5, 0.6) is 11.6 Å². The van der Waals surface area contributed by atoms with Crippen molar-refractivity contribution in [3.05, 3.63) is 78.5 Å². The van der Waals surface area contributed by atoms with Crippen molar-refractivity contribution in [1.29, 1.82) is 0 Å². The summed E-state index contributed by atoms with van der Waals surface area (Å²) < 4.78 is 6.01. The highest BCUT2D eigenvalue weighted by Gasteiger charge is 2.10. The Morgan fingerprint density at radius 2 is 1.72 bits per heavy atom. The number of nitrogens with two attached hydrogens (primary N) is 1. The SMILES string of the molecule is Cc1ccc(Nc2nccc(Oc3ccc(NC(N)=O)c4ccccc34)n2)cc1. The van der Waals surface area contributed by atoms with Crippen molar-refractivity contribution in [2.45, 2.75) is 6.92 Å². The summed E-state index contributed by atoms with van der Waals surface area (Å²) in [6.45, 7) is 2.03. The number of rotatable bonds is 5. The molecule has 29 heavy (non-hydrogen) atoms. The maximum absolute atomic E-state index is 11.3. The van der Waals surface area contributed by atoms with Crippen molar-refractivity contribution < 1.29 is 9.53 Å². The standard InChI is InChI=1S/C22H19N5O2/c1-14-6-8-15(9-7-14)25-22-24-13-12-20(27-22)29-19-11-10-18(26-21(23)28)16-4-2-3-5-17(16)19/h2-13H,1H3,(H3,23,26,28)(H,24,25,27). The van der Waals surface area contributed by atoms with E-state index >= 15 is 0 Å². The molecule has 1 aromatic heterocycles. The fourth-order valence-electron chi connectivity index (χ4n) is 2.94. The first-order valence-corrected chi connectivity index (χ1v) is 9.01. The second kappa shape index (κ2) is 7.85. The second-order valence-electron chi connectivity index (χ2n) is 6.46. The number of anilines is 3. The maximum Gasteiger partial charge on any atom is 0.316 e. The molecule has 0 unspecified atom stereocenters. The normalized spacial score (nSPS) is 10.5. The average Bonchev–Trinajstić information content (AvgIpc) is 2.72. The predicted octanol–water partition coefficient (Wildman–Crippen LogP) is 4.96. The summed E-state index contributed by atoms with van der Waals surface area (Å²) in [6, 6.07) is 20.1. The van der Waals surface area contributed by atoms with Crippen LogP contribution in [0, 0.1) is 6.92 Å². The van der Waals surface area contributed by atoms with E-state index in [1.807, 2.05) is 55.5 Å². The third kappa shape index (κ3) is 4.24. The Hall–Kier alpha value is -4.13. The Labute approximate surface area is 167 Å². The van der Waals surface area contributed by atoms with Crippen LogP contribution in [0.4, 0.5) is 22.1 Å². The van der Waals surface area contributed by atoms with Gasteiger partial charge in [-0.05, 0) is 31.2 Å². The van der Waals surface area contributed by atoms with Gasteiger partial charge >= 0.3 is 6.03 Å². The van der Waals surface area contributed by atoms with Crippen LogP contribution in [0.2, 0.25) is 0 Å². The van der Waals surface area contributed by atoms with Crippen molar-refractivity contribution >= 4 is 34.1 Å². The molecule has 2 amide bonds. The lowest BCUT2D eigenvalue weighted by Crippen LogP contribution is -2.19. The van der Waals surface area contributed by atoms with Gasteiger partial charge in [-0.3, -0.25) is 0 Å².